The molecule has 1 aromatic heterocycles. The number of hydrogen-bond acceptors (Lipinski definition) is 11. The van der Waals surface area contributed by atoms with Gasteiger partial charge >= 0.3 is 12.2 Å². The van der Waals surface area contributed by atoms with E-state index in [0.717, 1.165) is 120 Å². The number of imide groups is 1. The van der Waals surface area contributed by atoms with Gasteiger partial charge in [0.15, 0.2) is 0 Å². The van der Waals surface area contributed by atoms with Crippen LogP contribution in [-0.4, -0.2) is 121 Å². The van der Waals surface area contributed by atoms with Crippen molar-refractivity contribution in [3.05, 3.63) is 81.6 Å². The average Bonchev–Trinajstić information content (AvgIpc) is 3.37. The van der Waals surface area contributed by atoms with E-state index >= 15 is 0 Å². The first-order valence-electron chi connectivity index (χ1n) is 25.9. The average molecular weight is 1030 g/mol. The number of hydrogen-bond donors (Lipinski definition) is 3. The molecule has 3 aromatic carbocycles. The number of carbonyl (C=O) groups is 4. The van der Waals surface area contributed by atoms with Crippen LogP contribution in [-0.2, 0) is 20.5 Å². The molecule has 3 saturated heterocycles. The molecule has 19 heteroatoms. The zero-order valence-electron chi connectivity index (χ0n) is 42.0. The first-order chi connectivity index (χ1) is 35.0. The van der Waals surface area contributed by atoms with Crippen LogP contribution in [0.2, 0.25) is 5.02 Å². The number of amides is 5. The molecule has 73 heavy (non-hydrogen) atoms. The van der Waals surface area contributed by atoms with Crippen LogP contribution in [0.5, 0.6) is 5.75 Å². The Morgan fingerprint density at radius 1 is 0.890 bits per heavy atom. The van der Waals surface area contributed by atoms with Gasteiger partial charge in [-0.1, -0.05) is 11.6 Å². The minimum Gasteiger partial charge on any atom is -0.491 e. The zero-order chi connectivity index (χ0) is 51.6. The number of ether oxygens (including phenoxy) is 2. The number of alkyl halides is 3. The van der Waals surface area contributed by atoms with E-state index in [1.54, 1.807) is 39.2 Å². The molecule has 5 aliphatic rings. The number of anilines is 3. The minimum atomic E-state index is -4.54. The van der Waals surface area contributed by atoms with E-state index in [9.17, 15) is 32.3 Å². The molecule has 4 aromatic rings. The molecule has 15 nitrogen and oxygen atoms in total. The van der Waals surface area contributed by atoms with E-state index in [-0.39, 0.29) is 53.6 Å². The lowest BCUT2D eigenvalue weighted by Gasteiger charge is -2.47. The van der Waals surface area contributed by atoms with Gasteiger partial charge < -0.3 is 30.3 Å². The van der Waals surface area contributed by atoms with E-state index < -0.39 is 23.8 Å². The van der Waals surface area contributed by atoms with Gasteiger partial charge in [-0.05, 0) is 149 Å². The quantitative estimate of drug-likeness (QED) is 0.0860. The number of urea groups is 1. The molecule has 0 unspecified atom stereocenters. The van der Waals surface area contributed by atoms with Crippen molar-refractivity contribution in [2.24, 2.45) is 17.3 Å². The molecular weight excluding hydrogens is 963 g/mol. The maximum absolute atomic E-state index is 14.1. The number of nitrogens with one attached hydrogen (secondary N) is 2. The third-order valence-corrected chi connectivity index (χ3v) is 16.5. The van der Waals surface area contributed by atoms with Crippen LogP contribution >= 0.6 is 11.6 Å². The third-order valence-electron chi connectivity index (χ3n) is 16.2. The van der Waals surface area contributed by atoms with E-state index in [2.05, 4.69) is 20.4 Å². The monoisotopic (exact) mass is 1030 g/mol. The summed E-state index contributed by atoms with van der Waals surface area (Å²) in [5, 5.41) is 6.74. The van der Waals surface area contributed by atoms with Crippen LogP contribution in [0.1, 0.15) is 122 Å². The van der Waals surface area contributed by atoms with Crippen molar-refractivity contribution < 1.29 is 41.8 Å². The van der Waals surface area contributed by atoms with Crippen LogP contribution in [0.3, 0.4) is 0 Å². The molecule has 5 amide bonds. The minimum absolute atomic E-state index is 0.0255. The van der Waals surface area contributed by atoms with Gasteiger partial charge in [0.1, 0.15) is 24.0 Å². The number of nitrogen functional groups attached to an aromatic ring is 1. The molecule has 3 aliphatic heterocycles. The summed E-state index contributed by atoms with van der Waals surface area (Å²) in [6.45, 7) is 10.1. The number of benzene rings is 3. The Bertz CT molecular complexity index is 2690. The van der Waals surface area contributed by atoms with Crippen molar-refractivity contribution >= 4 is 63.4 Å². The van der Waals surface area contributed by atoms with Gasteiger partial charge in [0.05, 0.1) is 34.4 Å². The van der Waals surface area contributed by atoms with Crippen molar-refractivity contribution in [2.45, 2.75) is 103 Å². The fourth-order valence-corrected chi connectivity index (χ4v) is 12.1. The van der Waals surface area contributed by atoms with Gasteiger partial charge in [0.25, 0.3) is 5.91 Å². The van der Waals surface area contributed by atoms with Crippen molar-refractivity contribution in [1.82, 2.24) is 30.0 Å². The van der Waals surface area contributed by atoms with E-state index in [4.69, 9.17) is 36.8 Å². The Balaban J connectivity index is 0.753. The summed E-state index contributed by atoms with van der Waals surface area (Å²) in [7, 11) is 1.62. The zero-order valence-corrected chi connectivity index (χ0v) is 42.8. The Kier molecular flexibility index (Phi) is 15.7. The topological polar surface area (TPSA) is 176 Å². The summed E-state index contributed by atoms with van der Waals surface area (Å²) < 4.78 is 52.7. The number of piperidine rings is 1. The van der Waals surface area contributed by atoms with E-state index in [0.29, 0.717) is 77.0 Å². The highest BCUT2D eigenvalue weighted by Gasteiger charge is 2.41. The molecular formula is C54H67ClF3N9O6. The number of fused-ring (bicyclic) bond motifs is 1. The van der Waals surface area contributed by atoms with Crippen molar-refractivity contribution in [1.29, 1.82) is 0 Å². The van der Waals surface area contributed by atoms with Gasteiger partial charge in [-0.3, -0.25) is 29.5 Å². The van der Waals surface area contributed by atoms with Crippen LogP contribution in [0.15, 0.2) is 48.5 Å². The van der Waals surface area contributed by atoms with Gasteiger partial charge in [-0.15, -0.1) is 0 Å². The second-order valence-electron chi connectivity index (χ2n) is 21.0. The summed E-state index contributed by atoms with van der Waals surface area (Å²) >= 11 is 6.45. The highest BCUT2D eigenvalue weighted by molar-refractivity contribution is 6.34. The highest BCUT2D eigenvalue weighted by Crippen LogP contribution is 2.47. The number of piperazine rings is 1. The molecule has 9 rings (SSSR count). The Hall–Kier alpha value is -5.72. The number of carbonyl (C=O) groups excluding carboxylic acids is 4. The number of methoxy groups -OCH3 is 1. The predicted octanol–water partition coefficient (Wildman–Crippen LogP) is 9.37. The molecule has 392 valence electrons. The molecule has 0 bridgehead atoms. The SMILES string of the molecule is COCCOc1cc2nc(C)nc(N[C@H](C)c3cc(N)cc(C(F)(F)F)c3)c2cc1[C@H]1CC[C@H](C(=O)N2CCN(CC3CCC4(CC3)CCN(C(=O)c3ccc(Cl)c(N5CCC(=O)NC5=O)c3)CC4)CC2)CC1. The van der Waals surface area contributed by atoms with Gasteiger partial charge in [-0.25, -0.2) is 14.8 Å². The summed E-state index contributed by atoms with van der Waals surface area (Å²) in [6, 6.07) is 11.4. The summed E-state index contributed by atoms with van der Waals surface area (Å²) in [4.78, 5) is 69.3. The van der Waals surface area contributed by atoms with Gasteiger partial charge in [0, 0.05) is 94.5 Å². The maximum Gasteiger partial charge on any atom is 0.416 e. The number of rotatable bonds is 13. The predicted molar refractivity (Wildman–Crippen MR) is 274 cm³/mol. The molecule has 4 heterocycles. The summed E-state index contributed by atoms with van der Waals surface area (Å²) in [6.07, 6.45) is 5.28. The lowest BCUT2D eigenvalue weighted by molar-refractivity contribution is -0.139. The van der Waals surface area contributed by atoms with Crippen molar-refractivity contribution in [3.8, 4) is 5.75 Å². The Morgan fingerprint density at radius 3 is 2.30 bits per heavy atom. The Morgan fingerprint density at radius 2 is 1.62 bits per heavy atom. The molecule has 0 radical (unpaired) electrons. The van der Waals surface area contributed by atoms with Crippen molar-refractivity contribution in [3.63, 3.8) is 0 Å². The third kappa shape index (κ3) is 12.0. The maximum atomic E-state index is 14.1. The number of nitrogens with two attached hydrogens (primary N) is 1. The Labute approximate surface area is 429 Å². The second kappa shape index (κ2) is 22.0. The fraction of sp³-hybridized carbons (Fsp3) is 0.556. The number of halogens is 4. The fourth-order valence-electron chi connectivity index (χ4n) is 11.9. The number of likely N-dealkylation sites (tertiary alicyclic amines) is 1. The van der Waals surface area contributed by atoms with Crippen LogP contribution < -0.4 is 26.0 Å². The first kappa shape index (κ1) is 52.2. The summed E-state index contributed by atoms with van der Waals surface area (Å²) in [5.41, 5.74) is 8.29. The number of aryl methyl sites for hydroxylation is 1. The van der Waals surface area contributed by atoms with Crippen LogP contribution in [0.25, 0.3) is 10.9 Å². The van der Waals surface area contributed by atoms with E-state index in [1.807, 2.05) is 17.0 Å². The number of nitrogens with zero attached hydrogens (tertiary/aromatic N) is 6. The second-order valence-corrected chi connectivity index (χ2v) is 21.4. The normalized spacial score (nSPS) is 21.6. The number of aromatic nitrogens is 2. The summed E-state index contributed by atoms with van der Waals surface area (Å²) in [5.74, 6) is 2.18. The van der Waals surface area contributed by atoms with Crippen molar-refractivity contribution in [2.75, 3.05) is 88.6 Å². The highest BCUT2D eigenvalue weighted by atomic mass is 35.5. The molecule has 5 fully saturated rings. The lowest BCUT2D eigenvalue weighted by atomic mass is 9.65. The molecule has 4 N–H and O–H groups in total. The van der Waals surface area contributed by atoms with Gasteiger partial charge in [0.2, 0.25) is 11.8 Å². The van der Waals surface area contributed by atoms with Crippen LogP contribution in [0, 0.1) is 24.2 Å². The lowest BCUT2D eigenvalue weighted by Crippen LogP contribution is -2.52. The molecule has 2 saturated carbocycles. The largest absolute Gasteiger partial charge is 0.491 e. The standard InChI is InChI=1S/C54H67ClF3N9O6/c1-33(39-26-40(54(56,57)58)29-41(59)27-39)60-49-43-30-42(47(73-25-24-72-3)31-45(43)61-34(2)62-49)36-4-6-37(7-5-36)50(69)66-22-20-64(21-23-66)32-35-10-13-53(14-11-35)15-18-65(19-16-53)51(70)38-8-9-44(55)46(28-38)67-17-12-48(68)63-52(67)71/h8-9,26-31,33,35-37H,4-7,10-25,32,59H2,1-3H3,(H,60,61,62)(H,63,68,71)/t33-,36-,37-/m1/s1. The molecule has 1 atom stereocenters. The molecule has 2 aliphatic carbocycles. The first-order valence-corrected chi connectivity index (χ1v) is 26.2. The molecule has 1 spiro atoms. The van der Waals surface area contributed by atoms with E-state index in [1.165, 1.54) is 11.0 Å². The smallest absolute Gasteiger partial charge is 0.416 e. The van der Waals surface area contributed by atoms with Crippen LogP contribution in [0.4, 0.5) is 35.2 Å². The van der Waals surface area contributed by atoms with Gasteiger partial charge in [-0.2, -0.15) is 13.2 Å².